The Hall–Kier alpha value is -1.44. The Morgan fingerprint density at radius 2 is 2.42 bits per heavy atom. The molecule has 0 bridgehead atoms. The molecule has 1 fully saturated rings. The zero-order valence-electron chi connectivity index (χ0n) is 9.85. The second-order valence-electron chi connectivity index (χ2n) is 4.15. The first-order chi connectivity index (χ1) is 9.22. The fraction of sp³-hybridized carbons (Fsp3) is 0.364. The zero-order chi connectivity index (χ0) is 13.2. The number of nitrogens with zero attached hydrogens (tertiary/aromatic N) is 2. The van der Waals surface area contributed by atoms with Crippen LogP contribution in [0.3, 0.4) is 0 Å². The molecule has 3 rings (SSSR count). The number of nitrogens with one attached hydrogen (secondary N) is 2. The average Bonchev–Trinajstić information content (AvgIpc) is 3.07. The van der Waals surface area contributed by atoms with Crippen LogP contribution in [-0.2, 0) is 0 Å². The third-order valence-corrected chi connectivity index (χ3v) is 4.05. The highest BCUT2D eigenvalue weighted by Crippen LogP contribution is 2.24. The van der Waals surface area contributed by atoms with Crippen molar-refractivity contribution in [3.63, 3.8) is 0 Å². The van der Waals surface area contributed by atoms with E-state index in [9.17, 15) is 4.79 Å². The second-order valence-corrected chi connectivity index (χ2v) is 5.87. The number of rotatable bonds is 3. The first-order valence-electron chi connectivity index (χ1n) is 5.86. The lowest BCUT2D eigenvalue weighted by Gasteiger charge is -2.02. The predicted molar refractivity (Wildman–Crippen MR) is 71.6 cm³/mol. The molecule has 1 unspecified atom stereocenters. The molecule has 2 aromatic heterocycles. The minimum atomic E-state index is -0.300. The van der Waals surface area contributed by atoms with E-state index in [1.54, 1.807) is 12.1 Å². The molecule has 1 aliphatic heterocycles. The first kappa shape index (κ1) is 12.6. The van der Waals surface area contributed by atoms with Crippen molar-refractivity contribution < 1.29 is 9.21 Å². The van der Waals surface area contributed by atoms with Crippen LogP contribution in [0.2, 0.25) is 4.34 Å². The minimum absolute atomic E-state index is 0.0920. The molecule has 1 amide bonds. The van der Waals surface area contributed by atoms with Gasteiger partial charge >= 0.3 is 6.01 Å². The van der Waals surface area contributed by atoms with E-state index in [4.69, 9.17) is 16.0 Å². The summed E-state index contributed by atoms with van der Waals surface area (Å²) in [4.78, 5) is 12.4. The van der Waals surface area contributed by atoms with Crippen molar-refractivity contribution in [2.45, 2.75) is 18.9 Å². The summed E-state index contributed by atoms with van der Waals surface area (Å²) in [5.41, 5.74) is 0. The Balaban J connectivity index is 1.68. The molecule has 100 valence electrons. The molecule has 3 heterocycles. The third kappa shape index (κ3) is 2.78. The number of aromatic nitrogens is 2. The van der Waals surface area contributed by atoms with E-state index in [2.05, 4.69) is 20.8 Å². The molecule has 0 radical (unpaired) electrons. The highest BCUT2D eigenvalue weighted by Gasteiger charge is 2.22. The Morgan fingerprint density at radius 1 is 1.53 bits per heavy atom. The van der Waals surface area contributed by atoms with E-state index in [1.807, 2.05) is 0 Å². The Labute approximate surface area is 118 Å². The smallest absolute Gasteiger partial charge is 0.322 e. The van der Waals surface area contributed by atoms with Crippen molar-refractivity contribution in [2.75, 3.05) is 11.9 Å². The van der Waals surface area contributed by atoms with Crippen molar-refractivity contribution in [2.24, 2.45) is 0 Å². The number of anilines is 1. The molecular weight excluding hydrogens is 288 g/mol. The summed E-state index contributed by atoms with van der Waals surface area (Å²) in [5.74, 6) is 0.212. The molecule has 1 aliphatic rings. The molecule has 1 saturated heterocycles. The largest absolute Gasteiger partial charge is 0.406 e. The molecule has 0 saturated carbocycles. The number of carbonyl (C=O) groups excluding carboxylic acids is 1. The van der Waals surface area contributed by atoms with Gasteiger partial charge in [-0.1, -0.05) is 16.7 Å². The maximum Gasteiger partial charge on any atom is 0.322 e. The van der Waals surface area contributed by atoms with E-state index in [0.29, 0.717) is 15.1 Å². The lowest BCUT2D eigenvalue weighted by molar-refractivity contribution is 0.102. The van der Waals surface area contributed by atoms with Crippen molar-refractivity contribution in [3.05, 3.63) is 27.2 Å². The van der Waals surface area contributed by atoms with Crippen LogP contribution in [0.4, 0.5) is 6.01 Å². The number of amides is 1. The zero-order valence-corrected chi connectivity index (χ0v) is 11.4. The quantitative estimate of drug-likeness (QED) is 0.910. The van der Waals surface area contributed by atoms with Crippen molar-refractivity contribution in [1.29, 1.82) is 0 Å². The third-order valence-electron chi connectivity index (χ3n) is 2.82. The maximum absolute atomic E-state index is 11.9. The first-order valence-corrected chi connectivity index (χ1v) is 7.05. The normalized spacial score (nSPS) is 18.7. The summed E-state index contributed by atoms with van der Waals surface area (Å²) in [6.45, 7) is 0.947. The number of halogens is 1. The second kappa shape index (κ2) is 5.28. The Bertz CT molecular complexity index is 591. The van der Waals surface area contributed by atoms with Gasteiger partial charge in [-0.05, 0) is 31.5 Å². The van der Waals surface area contributed by atoms with Gasteiger partial charge in [-0.15, -0.1) is 16.4 Å². The molecule has 0 aromatic carbocycles. The van der Waals surface area contributed by atoms with Crippen molar-refractivity contribution in [1.82, 2.24) is 15.5 Å². The number of carbonyl (C=O) groups is 1. The van der Waals surface area contributed by atoms with Gasteiger partial charge in [0.15, 0.2) is 0 Å². The fourth-order valence-electron chi connectivity index (χ4n) is 1.92. The van der Waals surface area contributed by atoms with E-state index in [-0.39, 0.29) is 18.0 Å². The maximum atomic E-state index is 11.9. The van der Waals surface area contributed by atoms with Gasteiger partial charge in [0.2, 0.25) is 5.89 Å². The van der Waals surface area contributed by atoms with Crippen LogP contribution in [0.5, 0.6) is 0 Å². The van der Waals surface area contributed by atoms with Crippen LogP contribution in [0.15, 0.2) is 16.5 Å². The highest BCUT2D eigenvalue weighted by molar-refractivity contribution is 7.18. The number of hydrogen-bond acceptors (Lipinski definition) is 6. The summed E-state index contributed by atoms with van der Waals surface area (Å²) < 4.78 is 5.98. The molecule has 8 heteroatoms. The molecular formula is C11H11ClN4O2S. The lowest BCUT2D eigenvalue weighted by Crippen LogP contribution is -2.13. The highest BCUT2D eigenvalue weighted by atomic mass is 35.5. The van der Waals surface area contributed by atoms with Gasteiger partial charge in [-0.3, -0.25) is 10.1 Å². The van der Waals surface area contributed by atoms with Crippen LogP contribution in [-0.4, -0.2) is 22.6 Å². The summed E-state index contributed by atoms with van der Waals surface area (Å²) in [6.07, 6.45) is 2.05. The predicted octanol–water partition coefficient (Wildman–Crippen LogP) is 2.46. The molecule has 0 aliphatic carbocycles. The average molecular weight is 299 g/mol. The van der Waals surface area contributed by atoms with Crippen LogP contribution in [0.25, 0.3) is 0 Å². The van der Waals surface area contributed by atoms with E-state index < -0.39 is 0 Å². The lowest BCUT2D eigenvalue weighted by atomic mass is 10.2. The topological polar surface area (TPSA) is 80.0 Å². The van der Waals surface area contributed by atoms with Crippen LogP contribution in [0.1, 0.15) is 34.4 Å². The SMILES string of the molecule is O=C(Nc1nnc(C2CCCN2)o1)c1ccc(Cl)s1. The van der Waals surface area contributed by atoms with E-state index in [1.165, 1.54) is 11.3 Å². The summed E-state index contributed by atoms with van der Waals surface area (Å²) >= 11 is 6.97. The standard InChI is InChI=1S/C11H11ClN4O2S/c12-8-4-3-7(19-8)9(17)14-11-16-15-10(18-11)6-2-1-5-13-6/h3-4,6,13H,1-2,5H2,(H,14,16,17). The van der Waals surface area contributed by atoms with Crippen LogP contribution < -0.4 is 10.6 Å². The van der Waals surface area contributed by atoms with Gasteiger partial charge in [0.25, 0.3) is 5.91 Å². The minimum Gasteiger partial charge on any atom is -0.406 e. The number of thiophene rings is 1. The van der Waals surface area contributed by atoms with Crippen LogP contribution >= 0.6 is 22.9 Å². The van der Waals surface area contributed by atoms with Crippen molar-refractivity contribution in [3.8, 4) is 0 Å². The van der Waals surface area contributed by atoms with Crippen molar-refractivity contribution >= 4 is 34.9 Å². The molecule has 2 aromatic rings. The Morgan fingerprint density at radius 3 is 3.11 bits per heavy atom. The molecule has 19 heavy (non-hydrogen) atoms. The van der Waals surface area contributed by atoms with E-state index in [0.717, 1.165) is 19.4 Å². The van der Waals surface area contributed by atoms with Crippen LogP contribution in [0, 0.1) is 0 Å². The number of hydrogen-bond donors (Lipinski definition) is 2. The molecule has 0 spiro atoms. The molecule has 1 atom stereocenters. The van der Waals surface area contributed by atoms with Gasteiger partial charge in [0.05, 0.1) is 15.3 Å². The van der Waals surface area contributed by atoms with Gasteiger partial charge in [0, 0.05) is 0 Å². The van der Waals surface area contributed by atoms with Gasteiger partial charge < -0.3 is 9.73 Å². The monoisotopic (exact) mass is 298 g/mol. The summed E-state index contributed by atoms with van der Waals surface area (Å²) in [7, 11) is 0. The van der Waals surface area contributed by atoms with Gasteiger partial charge in [0.1, 0.15) is 0 Å². The fourth-order valence-corrected chi connectivity index (χ4v) is 2.85. The summed E-state index contributed by atoms with van der Waals surface area (Å²) in [5, 5.41) is 13.6. The summed E-state index contributed by atoms with van der Waals surface area (Å²) in [6, 6.07) is 3.52. The Kier molecular flexibility index (Phi) is 3.50. The molecule has 6 nitrogen and oxygen atoms in total. The van der Waals surface area contributed by atoms with Gasteiger partial charge in [-0.25, -0.2) is 0 Å². The van der Waals surface area contributed by atoms with E-state index >= 15 is 0 Å². The molecule has 2 N–H and O–H groups in total. The van der Waals surface area contributed by atoms with Gasteiger partial charge in [-0.2, -0.15) is 0 Å².